The second kappa shape index (κ2) is 3.86. The molecule has 0 radical (unpaired) electrons. The van der Waals surface area contributed by atoms with Crippen LogP contribution in [0.25, 0.3) is 11.5 Å². The summed E-state index contributed by atoms with van der Waals surface area (Å²) in [6.07, 6.45) is 0. The zero-order valence-corrected chi connectivity index (χ0v) is 9.00. The van der Waals surface area contributed by atoms with Crippen LogP contribution in [0.2, 0.25) is 0 Å². The fraction of sp³-hybridized carbons (Fsp3) is 0.400. The molecule has 15 heavy (non-hydrogen) atoms. The van der Waals surface area contributed by atoms with Crippen molar-refractivity contribution >= 4 is 0 Å². The van der Waals surface area contributed by atoms with Gasteiger partial charge in [0.05, 0.1) is 12.1 Å². The van der Waals surface area contributed by atoms with Crippen LogP contribution in [0.4, 0.5) is 0 Å². The van der Waals surface area contributed by atoms with E-state index >= 15 is 0 Å². The summed E-state index contributed by atoms with van der Waals surface area (Å²) >= 11 is 0. The van der Waals surface area contributed by atoms with Gasteiger partial charge in [-0.3, -0.25) is 0 Å². The zero-order chi connectivity index (χ0) is 10.8. The first-order valence-electron chi connectivity index (χ1n) is 4.75. The van der Waals surface area contributed by atoms with Gasteiger partial charge in [-0.1, -0.05) is 0 Å². The van der Waals surface area contributed by atoms with Gasteiger partial charge in [-0.2, -0.15) is 0 Å². The van der Waals surface area contributed by atoms with Crippen molar-refractivity contribution in [3.8, 4) is 11.5 Å². The molecule has 2 heterocycles. The first-order valence-corrected chi connectivity index (χ1v) is 4.75. The lowest BCUT2D eigenvalue weighted by Gasteiger charge is -1.90. The molecule has 0 bridgehead atoms. The molecule has 0 unspecified atom stereocenters. The number of hydrogen-bond donors (Lipinski definition) is 1. The van der Waals surface area contributed by atoms with Crippen molar-refractivity contribution < 1.29 is 8.83 Å². The average Bonchev–Trinajstić information content (AvgIpc) is 2.73. The summed E-state index contributed by atoms with van der Waals surface area (Å²) in [6.45, 7) is 4.34. The van der Waals surface area contributed by atoms with E-state index in [0.29, 0.717) is 18.3 Å². The standard InChI is InChI=1S/C10H13N3O2/c1-6-4-8(7(2)14-6)10-13-12-9(15-10)5-11-3/h4,11H,5H2,1-3H3. The molecule has 2 aromatic rings. The second-order valence-corrected chi connectivity index (χ2v) is 3.36. The van der Waals surface area contributed by atoms with E-state index in [1.807, 2.05) is 27.0 Å². The Labute approximate surface area is 87.5 Å². The lowest BCUT2D eigenvalue weighted by Crippen LogP contribution is -2.04. The molecule has 0 spiro atoms. The minimum atomic E-state index is 0.509. The summed E-state index contributed by atoms with van der Waals surface area (Å²) < 4.78 is 10.9. The Kier molecular flexibility index (Phi) is 2.55. The highest BCUT2D eigenvalue weighted by Crippen LogP contribution is 2.25. The minimum Gasteiger partial charge on any atom is -0.466 e. The van der Waals surface area contributed by atoms with Crippen LogP contribution in [0.1, 0.15) is 17.4 Å². The molecule has 0 aromatic carbocycles. The van der Waals surface area contributed by atoms with Gasteiger partial charge in [0.25, 0.3) is 5.89 Å². The third-order valence-electron chi connectivity index (χ3n) is 2.07. The molecule has 1 N–H and O–H groups in total. The molecule has 0 fully saturated rings. The number of aryl methyl sites for hydroxylation is 2. The quantitative estimate of drug-likeness (QED) is 0.829. The molecule has 0 saturated heterocycles. The second-order valence-electron chi connectivity index (χ2n) is 3.36. The van der Waals surface area contributed by atoms with E-state index in [2.05, 4.69) is 15.5 Å². The van der Waals surface area contributed by atoms with Crippen molar-refractivity contribution in [2.24, 2.45) is 0 Å². The lowest BCUT2D eigenvalue weighted by atomic mass is 10.2. The Morgan fingerprint density at radius 2 is 2.07 bits per heavy atom. The Balaban J connectivity index is 2.32. The predicted molar refractivity (Wildman–Crippen MR) is 54.2 cm³/mol. The summed E-state index contributed by atoms with van der Waals surface area (Å²) in [5, 5.41) is 10.8. The van der Waals surface area contributed by atoms with Crippen molar-refractivity contribution in [3.05, 3.63) is 23.5 Å². The number of furan rings is 1. The van der Waals surface area contributed by atoms with E-state index in [-0.39, 0.29) is 0 Å². The number of nitrogens with one attached hydrogen (secondary N) is 1. The van der Waals surface area contributed by atoms with Crippen molar-refractivity contribution in [2.75, 3.05) is 7.05 Å². The fourth-order valence-corrected chi connectivity index (χ4v) is 1.43. The number of hydrogen-bond acceptors (Lipinski definition) is 5. The molecule has 0 aliphatic heterocycles. The molecule has 0 amide bonds. The Hall–Kier alpha value is -1.62. The maximum atomic E-state index is 5.46. The van der Waals surface area contributed by atoms with E-state index in [1.54, 1.807) is 0 Å². The van der Waals surface area contributed by atoms with Crippen LogP contribution < -0.4 is 5.32 Å². The average molecular weight is 207 g/mol. The van der Waals surface area contributed by atoms with Gasteiger partial charge in [-0.15, -0.1) is 10.2 Å². The molecule has 0 atom stereocenters. The molecule has 2 aromatic heterocycles. The first kappa shape index (κ1) is 9.92. The highest BCUT2D eigenvalue weighted by atomic mass is 16.4. The van der Waals surface area contributed by atoms with Crippen LogP contribution in [0.5, 0.6) is 0 Å². The van der Waals surface area contributed by atoms with E-state index in [4.69, 9.17) is 8.83 Å². The minimum absolute atomic E-state index is 0.509. The van der Waals surface area contributed by atoms with Crippen molar-refractivity contribution in [1.29, 1.82) is 0 Å². The normalized spacial score (nSPS) is 10.9. The lowest BCUT2D eigenvalue weighted by molar-refractivity contribution is 0.484. The van der Waals surface area contributed by atoms with Gasteiger partial charge in [-0.25, -0.2) is 0 Å². The molecule has 5 heteroatoms. The van der Waals surface area contributed by atoms with E-state index in [1.165, 1.54) is 0 Å². The van der Waals surface area contributed by atoms with Crippen LogP contribution in [0, 0.1) is 13.8 Å². The maximum absolute atomic E-state index is 5.46. The van der Waals surface area contributed by atoms with Crippen LogP contribution in [-0.4, -0.2) is 17.2 Å². The first-order chi connectivity index (χ1) is 7.20. The molecule has 5 nitrogen and oxygen atoms in total. The molecule has 2 rings (SSSR count). The SMILES string of the molecule is CNCc1nnc(-c2cc(C)oc2C)o1. The van der Waals surface area contributed by atoms with Gasteiger partial charge in [0.2, 0.25) is 5.89 Å². The van der Waals surface area contributed by atoms with E-state index in [9.17, 15) is 0 Å². The van der Waals surface area contributed by atoms with Crippen LogP contribution in [-0.2, 0) is 6.54 Å². The van der Waals surface area contributed by atoms with Crippen LogP contribution >= 0.6 is 0 Å². The summed E-state index contributed by atoms with van der Waals surface area (Å²) in [4.78, 5) is 0. The molecule has 80 valence electrons. The summed E-state index contributed by atoms with van der Waals surface area (Å²) in [5.74, 6) is 2.73. The smallest absolute Gasteiger partial charge is 0.251 e. The Bertz CT molecular complexity index is 459. The third-order valence-corrected chi connectivity index (χ3v) is 2.07. The largest absolute Gasteiger partial charge is 0.466 e. The Morgan fingerprint density at radius 3 is 2.67 bits per heavy atom. The van der Waals surface area contributed by atoms with Crippen molar-refractivity contribution in [3.63, 3.8) is 0 Å². The number of aromatic nitrogens is 2. The predicted octanol–water partition coefficient (Wildman–Crippen LogP) is 1.67. The zero-order valence-electron chi connectivity index (χ0n) is 9.00. The van der Waals surface area contributed by atoms with E-state index in [0.717, 1.165) is 17.1 Å². The molecule has 0 aliphatic carbocycles. The monoisotopic (exact) mass is 207 g/mol. The van der Waals surface area contributed by atoms with Gasteiger partial charge >= 0.3 is 0 Å². The number of nitrogens with zero attached hydrogens (tertiary/aromatic N) is 2. The Morgan fingerprint density at radius 1 is 1.27 bits per heavy atom. The maximum Gasteiger partial charge on any atom is 0.251 e. The third kappa shape index (κ3) is 1.92. The molecular formula is C10H13N3O2. The van der Waals surface area contributed by atoms with Crippen molar-refractivity contribution in [2.45, 2.75) is 20.4 Å². The van der Waals surface area contributed by atoms with Crippen molar-refractivity contribution in [1.82, 2.24) is 15.5 Å². The van der Waals surface area contributed by atoms with Gasteiger partial charge in [-0.05, 0) is 27.0 Å². The molecule has 0 saturated carbocycles. The van der Waals surface area contributed by atoms with Gasteiger partial charge < -0.3 is 14.2 Å². The van der Waals surface area contributed by atoms with Gasteiger partial charge in [0.15, 0.2) is 0 Å². The highest BCUT2D eigenvalue weighted by Gasteiger charge is 2.13. The fourth-order valence-electron chi connectivity index (χ4n) is 1.43. The summed E-state index contributed by atoms with van der Waals surface area (Å²) in [7, 11) is 1.83. The van der Waals surface area contributed by atoms with Gasteiger partial charge in [0.1, 0.15) is 11.5 Å². The van der Waals surface area contributed by atoms with Gasteiger partial charge in [0, 0.05) is 0 Å². The van der Waals surface area contributed by atoms with Crippen LogP contribution in [0.3, 0.4) is 0 Å². The topological polar surface area (TPSA) is 64.1 Å². The molecular weight excluding hydrogens is 194 g/mol. The van der Waals surface area contributed by atoms with E-state index < -0.39 is 0 Å². The summed E-state index contributed by atoms with van der Waals surface area (Å²) in [6, 6.07) is 1.89. The van der Waals surface area contributed by atoms with Crippen LogP contribution in [0.15, 0.2) is 14.9 Å². The summed E-state index contributed by atoms with van der Waals surface area (Å²) in [5.41, 5.74) is 0.863. The highest BCUT2D eigenvalue weighted by molar-refractivity contribution is 5.55. The number of rotatable bonds is 3. The molecule has 0 aliphatic rings.